The van der Waals surface area contributed by atoms with E-state index in [0.29, 0.717) is 5.76 Å². The third kappa shape index (κ3) is 1.35. The number of hydrogen-bond acceptors (Lipinski definition) is 4. The lowest BCUT2D eigenvalue weighted by molar-refractivity contribution is -0.201. The highest BCUT2D eigenvalue weighted by Crippen LogP contribution is 2.39. The third-order valence-electron chi connectivity index (χ3n) is 2.21. The summed E-state index contributed by atoms with van der Waals surface area (Å²) in [7, 11) is 1.58. The van der Waals surface area contributed by atoms with Crippen LogP contribution in [0.25, 0.3) is 0 Å². The first kappa shape index (κ1) is 8.99. The number of hydrogen-bond donors (Lipinski definition) is 0. The average molecular weight is 186 g/mol. The summed E-state index contributed by atoms with van der Waals surface area (Å²) in [5.74, 6) is 0.0150. The maximum absolute atomic E-state index is 5.61. The van der Waals surface area contributed by atoms with Crippen molar-refractivity contribution in [1.82, 2.24) is 0 Å². The molecule has 0 amide bonds. The van der Waals surface area contributed by atoms with Crippen LogP contribution in [0.4, 0.5) is 0 Å². The minimum Gasteiger partial charge on any atom is -0.464 e. The van der Waals surface area contributed by atoms with Gasteiger partial charge >= 0.3 is 0 Å². The van der Waals surface area contributed by atoms with Crippen LogP contribution in [0.2, 0.25) is 0 Å². The third-order valence-corrected chi connectivity index (χ3v) is 2.21. The summed E-state index contributed by atoms with van der Waals surface area (Å²) < 4.78 is 21.6. The van der Waals surface area contributed by atoms with Crippen LogP contribution in [-0.2, 0) is 18.9 Å². The Balaban J connectivity index is 2.17. The molecule has 2 rings (SSSR count). The molecule has 0 unspecified atom stereocenters. The van der Waals surface area contributed by atoms with Crippen molar-refractivity contribution >= 4 is 0 Å². The molecule has 2 heterocycles. The van der Waals surface area contributed by atoms with Crippen LogP contribution in [0.15, 0.2) is 12.3 Å². The zero-order valence-electron chi connectivity index (χ0n) is 8.07. The Kier molecular flexibility index (Phi) is 1.87. The molecule has 74 valence electrons. The second-order valence-corrected chi connectivity index (χ2v) is 3.71. The highest BCUT2D eigenvalue weighted by atomic mass is 16.8. The Morgan fingerprint density at radius 2 is 2.08 bits per heavy atom. The van der Waals surface area contributed by atoms with Gasteiger partial charge in [0.05, 0.1) is 0 Å². The van der Waals surface area contributed by atoms with Gasteiger partial charge in [0.25, 0.3) is 0 Å². The van der Waals surface area contributed by atoms with Gasteiger partial charge in [-0.3, -0.25) is 0 Å². The minimum absolute atomic E-state index is 0.188. The zero-order chi connectivity index (χ0) is 9.64. The van der Waals surface area contributed by atoms with Crippen LogP contribution in [0, 0.1) is 0 Å². The van der Waals surface area contributed by atoms with Crippen LogP contribution >= 0.6 is 0 Å². The quantitative estimate of drug-likeness (QED) is 0.612. The second-order valence-electron chi connectivity index (χ2n) is 3.71. The number of methoxy groups -OCH3 is 1. The number of fused-ring (bicyclic) bond motifs is 1. The second kappa shape index (κ2) is 2.70. The highest BCUT2D eigenvalue weighted by Gasteiger charge is 2.53. The summed E-state index contributed by atoms with van der Waals surface area (Å²) in [6.45, 7) is 7.49. The Bertz CT molecular complexity index is 236. The van der Waals surface area contributed by atoms with Crippen molar-refractivity contribution in [3.63, 3.8) is 0 Å². The molecule has 2 aliphatic heterocycles. The van der Waals surface area contributed by atoms with E-state index in [-0.39, 0.29) is 18.5 Å². The molecule has 0 saturated carbocycles. The van der Waals surface area contributed by atoms with Gasteiger partial charge < -0.3 is 18.9 Å². The normalized spacial score (nSPS) is 41.8. The molecule has 0 aromatic carbocycles. The van der Waals surface area contributed by atoms with Crippen LogP contribution < -0.4 is 0 Å². The van der Waals surface area contributed by atoms with Crippen molar-refractivity contribution in [2.45, 2.75) is 38.1 Å². The molecular formula is C9H14O4. The first-order valence-electron chi connectivity index (χ1n) is 4.27. The first-order chi connectivity index (χ1) is 6.03. The molecule has 3 atom stereocenters. The van der Waals surface area contributed by atoms with E-state index in [0.717, 1.165) is 0 Å². The monoisotopic (exact) mass is 186 g/mol. The first-order valence-corrected chi connectivity index (χ1v) is 4.27. The molecule has 4 nitrogen and oxygen atoms in total. The molecule has 2 saturated heterocycles. The maximum Gasteiger partial charge on any atom is 0.228 e. The Morgan fingerprint density at radius 1 is 1.38 bits per heavy atom. The standard InChI is InChI=1S/C9H14O4/c1-5-6-7(8(10-4)11-5)13-9(2,3)12-6/h6-8H,1H2,2-4H3/t6-,7-,8-/m0/s1. The molecule has 0 aromatic rings. The summed E-state index contributed by atoms with van der Waals surface area (Å²) in [4.78, 5) is 0. The van der Waals surface area contributed by atoms with Gasteiger partial charge in [0.15, 0.2) is 11.9 Å². The summed E-state index contributed by atoms with van der Waals surface area (Å²) in [6.07, 6.45) is -0.772. The Hall–Kier alpha value is -0.580. The Labute approximate surface area is 77.4 Å². The van der Waals surface area contributed by atoms with Gasteiger partial charge in [-0.2, -0.15) is 0 Å². The van der Waals surface area contributed by atoms with E-state index in [4.69, 9.17) is 18.9 Å². The van der Waals surface area contributed by atoms with Crippen molar-refractivity contribution in [3.8, 4) is 0 Å². The molecule has 0 radical (unpaired) electrons. The van der Waals surface area contributed by atoms with E-state index in [1.165, 1.54) is 0 Å². The average Bonchev–Trinajstić information content (AvgIpc) is 2.47. The molecule has 2 aliphatic rings. The molecule has 4 heteroatoms. The van der Waals surface area contributed by atoms with E-state index in [1.54, 1.807) is 7.11 Å². The zero-order valence-corrected chi connectivity index (χ0v) is 8.07. The molecule has 0 N–H and O–H groups in total. The van der Waals surface area contributed by atoms with Crippen LogP contribution in [0.3, 0.4) is 0 Å². The molecule has 0 aliphatic carbocycles. The van der Waals surface area contributed by atoms with Gasteiger partial charge in [-0.1, -0.05) is 6.58 Å². The van der Waals surface area contributed by atoms with E-state index >= 15 is 0 Å². The van der Waals surface area contributed by atoms with Gasteiger partial charge in [0.1, 0.15) is 11.9 Å². The molecule has 0 spiro atoms. The van der Waals surface area contributed by atoms with E-state index in [1.807, 2.05) is 13.8 Å². The largest absolute Gasteiger partial charge is 0.464 e. The smallest absolute Gasteiger partial charge is 0.228 e. The lowest BCUT2D eigenvalue weighted by Crippen LogP contribution is -2.30. The molecular weight excluding hydrogens is 172 g/mol. The molecule has 13 heavy (non-hydrogen) atoms. The lowest BCUT2D eigenvalue weighted by atomic mass is 10.2. The van der Waals surface area contributed by atoms with Crippen molar-refractivity contribution in [1.29, 1.82) is 0 Å². The van der Waals surface area contributed by atoms with Crippen LogP contribution in [0.5, 0.6) is 0 Å². The van der Waals surface area contributed by atoms with Gasteiger partial charge in [0, 0.05) is 7.11 Å². The maximum atomic E-state index is 5.61. The van der Waals surface area contributed by atoms with Crippen molar-refractivity contribution < 1.29 is 18.9 Å². The van der Waals surface area contributed by atoms with E-state index in [2.05, 4.69) is 6.58 Å². The van der Waals surface area contributed by atoms with Gasteiger partial charge in [-0.05, 0) is 13.8 Å². The summed E-state index contributed by atoms with van der Waals surface area (Å²) in [5.41, 5.74) is 0. The summed E-state index contributed by atoms with van der Waals surface area (Å²) in [5, 5.41) is 0. The van der Waals surface area contributed by atoms with Crippen molar-refractivity contribution in [2.75, 3.05) is 7.11 Å². The van der Waals surface area contributed by atoms with Gasteiger partial charge in [-0.25, -0.2) is 0 Å². The predicted octanol–water partition coefficient (Wildman–Crippen LogP) is 1.02. The van der Waals surface area contributed by atoms with Gasteiger partial charge in [0.2, 0.25) is 6.29 Å². The number of ether oxygens (including phenoxy) is 4. The lowest BCUT2D eigenvalue weighted by Gasteiger charge is -2.21. The molecule has 2 fully saturated rings. The summed E-state index contributed by atoms with van der Waals surface area (Å²) in [6, 6.07) is 0. The fraction of sp³-hybridized carbons (Fsp3) is 0.778. The van der Waals surface area contributed by atoms with E-state index in [9.17, 15) is 0 Å². The molecule has 0 bridgehead atoms. The van der Waals surface area contributed by atoms with Gasteiger partial charge in [-0.15, -0.1) is 0 Å². The fourth-order valence-electron chi connectivity index (χ4n) is 1.70. The number of rotatable bonds is 1. The minimum atomic E-state index is -0.571. The fourth-order valence-corrected chi connectivity index (χ4v) is 1.70. The van der Waals surface area contributed by atoms with Crippen molar-refractivity contribution in [3.05, 3.63) is 12.3 Å². The van der Waals surface area contributed by atoms with Crippen LogP contribution in [0.1, 0.15) is 13.8 Å². The predicted molar refractivity (Wildman–Crippen MR) is 44.8 cm³/mol. The highest BCUT2D eigenvalue weighted by molar-refractivity contribution is 5.08. The molecule has 0 aromatic heterocycles. The van der Waals surface area contributed by atoms with Crippen LogP contribution in [-0.4, -0.2) is 31.4 Å². The van der Waals surface area contributed by atoms with Crippen molar-refractivity contribution in [2.24, 2.45) is 0 Å². The summed E-state index contributed by atoms with van der Waals surface area (Å²) >= 11 is 0. The van der Waals surface area contributed by atoms with E-state index < -0.39 is 5.79 Å². The SMILES string of the molecule is C=C1O[C@H](OC)[C@H]2OC(C)(C)O[C@@H]12. The topological polar surface area (TPSA) is 36.9 Å². The Morgan fingerprint density at radius 3 is 2.69 bits per heavy atom.